The van der Waals surface area contributed by atoms with Crippen molar-refractivity contribution in [2.45, 2.75) is 0 Å². The second kappa shape index (κ2) is 4.27. The van der Waals surface area contributed by atoms with Crippen LogP contribution in [-0.4, -0.2) is 11.1 Å². The molecule has 16 heavy (non-hydrogen) atoms. The molecule has 0 spiro atoms. The summed E-state index contributed by atoms with van der Waals surface area (Å²) >= 11 is 6.50. The fourth-order valence-corrected chi connectivity index (χ4v) is 2.08. The first-order valence-corrected chi connectivity index (χ1v) is 5.46. The molecular weight excluding hydrogens is 253 g/mol. The minimum absolute atomic E-state index is 0.108. The van der Waals surface area contributed by atoms with E-state index in [2.05, 4.69) is 5.32 Å². The van der Waals surface area contributed by atoms with Crippen molar-refractivity contribution in [2.75, 3.05) is 0 Å². The van der Waals surface area contributed by atoms with Crippen LogP contribution in [-0.2, 0) is 4.79 Å². The second-order valence-corrected chi connectivity index (χ2v) is 4.41. The van der Waals surface area contributed by atoms with Gasteiger partial charge in [-0.25, -0.2) is 4.39 Å². The van der Waals surface area contributed by atoms with Crippen molar-refractivity contribution in [3.63, 3.8) is 0 Å². The molecule has 0 aromatic heterocycles. The zero-order valence-corrected chi connectivity index (χ0v) is 9.36. The molecule has 1 aromatic rings. The normalized spacial score (nSPS) is 18.0. The highest BCUT2D eigenvalue weighted by Gasteiger charge is 2.25. The van der Waals surface area contributed by atoms with Crippen molar-refractivity contribution < 1.29 is 14.0 Å². The van der Waals surface area contributed by atoms with Gasteiger partial charge in [-0.15, -0.1) is 0 Å². The molecule has 0 saturated carbocycles. The highest BCUT2D eigenvalue weighted by molar-refractivity contribution is 8.18. The zero-order valence-electron chi connectivity index (χ0n) is 7.79. The summed E-state index contributed by atoms with van der Waals surface area (Å²) in [5, 5.41) is 1.80. The summed E-state index contributed by atoms with van der Waals surface area (Å²) in [7, 11) is 0. The summed E-state index contributed by atoms with van der Waals surface area (Å²) in [4.78, 5) is 22.2. The monoisotopic (exact) mass is 257 g/mol. The van der Waals surface area contributed by atoms with Gasteiger partial charge in [0.25, 0.3) is 11.1 Å². The minimum Gasteiger partial charge on any atom is -0.282 e. The molecule has 1 saturated heterocycles. The van der Waals surface area contributed by atoms with E-state index in [4.69, 9.17) is 11.6 Å². The Labute approximate surface area is 99.7 Å². The second-order valence-electron chi connectivity index (χ2n) is 2.99. The van der Waals surface area contributed by atoms with Crippen LogP contribution in [0.3, 0.4) is 0 Å². The number of thioether (sulfide) groups is 1. The van der Waals surface area contributed by atoms with Crippen LogP contribution in [0.25, 0.3) is 6.08 Å². The van der Waals surface area contributed by atoms with Gasteiger partial charge >= 0.3 is 0 Å². The van der Waals surface area contributed by atoms with Crippen LogP contribution in [0.5, 0.6) is 0 Å². The highest BCUT2D eigenvalue weighted by Crippen LogP contribution is 2.29. The van der Waals surface area contributed by atoms with E-state index in [-0.39, 0.29) is 15.5 Å². The summed E-state index contributed by atoms with van der Waals surface area (Å²) in [6, 6.07) is 4.21. The molecule has 0 aliphatic carbocycles. The molecule has 0 atom stereocenters. The molecule has 82 valence electrons. The standard InChI is InChI=1S/C10H5ClFNO2S/c11-6-2-1-3-7(12)5(6)4-8-9(14)13-10(15)16-8/h1-4H,(H,13,14,15)/b8-4-. The maximum atomic E-state index is 13.4. The number of halogens is 2. The molecule has 0 radical (unpaired) electrons. The van der Waals surface area contributed by atoms with E-state index in [1.807, 2.05) is 0 Å². The van der Waals surface area contributed by atoms with Gasteiger partial charge in [0.1, 0.15) is 5.82 Å². The number of benzene rings is 1. The van der Waals surface area contributed by atoms with Crippen molar-refractivity contribution in [3.8, 4) is 0 Å². The highest BCUT2D eigenvalue weighted by atomic mass is 35.5. The largest absolute Gasteiger partial charge is 0.290 e. The molecule has 1 aliphatic heterocycles. The van der Waals surface area contributed by atoms with E-state index < -0.39 is 17.0 Å². The molecule has 1 aliphatic rings. The van der Waals surface area contributed by atoms with Gasteiger partial charge in [0.15, 0.2) is 0 Å². The number of imide groups is 1. The Balaban J connectivity index is 2.44. The van der Waals surface area contributed by atoms with Gasteiger partial charge in [-0.3, -0.25) is 14.9 Å². The summed E-state index contributed by atoms with van der Waals surface area (Å²) in [6.07, 6.45) is 1.27. The third-order valence-corrected chi connectivity index (χ3v) is 3.06. The van der Waals surface area contributed by atoms with Gasteiger partial charge in [-0.2, -0.15) is 0 Å². The van der Waals surface area contributed by atoms with E-state index in [1.54, 1.807) is 0 Å². The van der Waals surface area contributed by atoms with Gasteiger partial charge in [0.2, 0.25) is 0 Å². The Kier molecular flexibility index (Phi) is 2.98. The number of amides is 2. The van der Waals surface area contributed by atoms with Crippen molar-refractivity contribution in [1.82, 2.24) is 5.32 Å². The van der Waals surface area contributed by atoms with Gasteiger partial charge in [-0.05, 0) is 30.0 Å². The van der Waals surface area contributed by atoms with E-state index in [0.717, 1.165) is 11.8 Å². The molecule has 2 amide bonds. The number of rotatable bonds is 1. The molecule has 1 N–H and O–H groups in total. The van der Waals surface area contributed by atoms with Crippen LogP contribution in [0.1, 0.15) is 5.56 Å². The minimum atomic E-state index is -0.534. The third-order valence-electron chi connectivity index (χ3n) is 1.92. The predicted molar refractivity (Wildman–Crippen MR) is 60.5 cm³/mol. The SMILES string of the molecule is O=C1NC(=O)/C(=C/c2c(F)cccc2Cl)S1. The number of hydrogen-bond acceptors (Lipinski definition) is 3. The third kappa shape index (κ3) is 2.10. The molecule has 6 heteroatoms. The van der Waals surface area contributed by atoms with Gasteiger partial charge < -0.3 is 0 Å². The predicted octanol–water partition coefficient (Wildman–Crippen LogP) is 2.80. The van der Waals surface area contributed by atoms with Gasteiger partial charge in [-0.1, -0.05) is 17.7 Å². The average Bonchev–Trinajstić information content (AvgIpc) is 2.51. The molecule has 1 fully saturated rings. The Bertz CT molecular complexity index is 495. The Morgan fingerprint density at radius 3 is 2.69 bits per heavy atom. The van der Waals surface area contributed by atoms with Crippen LogP contribution in [0.4, 0.5) is 9.18 Å². The lowest BCUT2D eigenvalue weighted by Crippen LogP contribution is -2.17. The first-order chi connectivity index (χ1) is 7.58. The number of carbonyl (C=O) groups excluding carboxylic acids is 2. The maximum absolute atomic E-state index is 13.4. The summed E-state index contributed by atoms with van der Waals surface area (Å²) in [6.45, 7) is 0. The molecule has 0 bridgehead atoms. The van der Waals surface area contributed by atoms with Crippen LogP contribution in [0, 0.1) is 5.82 Å². The van der Waals surface area contributed by atoms with Crippen LogP contribution in [0.2, 0.25) is 5.02 Å². The fraction of sp³-hybridized carbons (Fsp3) is 0. The Morgan fingerprint density at radius 2 is 2.12 bits per heavy atom. The lowest BCUT2D eigenvalue weighted by Gasteiger charge is -2.00. The Morgan fingerprint density at radius 1 is 1.38 bits per heavy atom. The van der Waals surface area contributed by atoms with Crippen molar-refractivity contribution in [2.24, 2.45) is 0 Å². The van der Waals surface area contributed by atoms with E-state index in [1.165, 1.54) is 24.3 Å². The smallest absolute Gasteiger partial charge is 0.282 e. The molecule has 0 unspecified atom stereocenters. The van der Waals surface area contributed by atoms with E-state index >= 15 is 0 Å². The molecule has 3 nitrogen and oxygen atoms in total. The summed E-state index contributed by atoms with van der Waals surface area (Å²) < 4.78 is 13.4. The van der Waals surface area contributed by atoms with E-state index in [9.17, 15) is 14.0 Å². The van der Waals surface area contributed by atoms with E-state index in [0.29, 0.717) is 0 Å². The quantitative estimate of drug-likeness (QED) is 0.787. The average molecular weight is 258 g/mol. The lowest BCUT2D eigenvalue weighted by molar-refractivity contribution is -0.115. The molecule has 2 rings (SSSR count). The molecular formula is C10H5ClFNO2S. The summed E-state index contributed by atoms with van der Waals surface area (Å²) in [5.74, 6) is -1.07. The maximum Gasteiger partial charge on any atom is 0.290 e. The van der Waals surface area contributed by atoms with Crippen LogP contribution < -0.4 is 5.32 Å². The first-order valence-electron chi connectivity index (χ1n) is 4.27. The Hall–Kier alpha value is -1.33. The van der Waals surface area contributed by atoms with Crippen molar-refractivity contribution in [1.29, 1.82) is 0 Å². The first kappa shape index (κ1) is 11.2. The van der Waals surface area contributed by atoms with Gasteiger partial charge in [0.05, 0.1) is 9.93 Å². The van der Waals surface area contributed by atoms with Crippen LogP contribution >= 0.6 is 23.4 Å². The van der Waals surface area contributed by atoms with Crippen molar-refractivity contribution >= 4 is 40.6 Å². The fourth-order valence-electron chi connectivity index (χ4n) is 1.20. The van der Waals surface area contributed by atoms with Crippen LogP contribution in [0.15, 0.2) is 23.1 Å². The number of carbonyl (C=O) groups is 2. The van der Waals surface area contributed by atoms with Gasteiger partial charge in [0, 0.05) is 5.56 Å². The molecule has 1 aromatic carbocycles. The lowest BCUT2D eigenvalue weighted by atomic mass is 10.2. The van der Waals surface area contributed by atoms with Crippen molar-refractivity contribution in [3.05, 3.63) is 39.5 Å². The topological polar surface area (TPSA) is 46.2 Å². The number of nitrogens with one attached hydrogen (secondary N) is 1. The summed E-state index contributed by atoms with van der Waals surface area (Å²) in [5.41, 5.74) is 0.108. The number of hydrogen-bond donors (Lipinski definition) is 1. The molecule has 1 heterocycles. The zero-order chi connectivity index (χ0) is 11.7.